The predicted molar refractivity (Wildman–Crippen MR) is 55.5 cm³/mol. The Morgan fingerprint density at radius 3 is 0.882 bits per heavy atom. The van der Waals surface area contributed by atoms with Gasteiger partial charge in [0.15, 0.2) is 11.6 Å². The summed E-state index contributed by atoms with van der Waals surface area (Å²) < 4.78 is 0. The molecule has 6 nitrogen and oxygen atoms in total. The van der Waals surface area contributed by atoms with Crippen molar-refractivity contribution in [3.63, 3.8) is 0 Å². The van der Waals surface area contributed by atoms with Crippen molar-refractivity contribution in [3.8, 4) is 0 Å². The average molecular weight is 255 g/mol. The van der Waals surface area contributed by atoms with Gasteiger partial charge in [-0.3, -0.25) is 9.59 Å². The Labute approximate surface area is 116 Å². The summed E-state index contributed by atoms with van der Waals surface area (Å²) in [7, 11) is 0. The molecule has 0 rings (SSSR count). The van der Waals surface area contributed by atoms with Crippen LogP contribution in [0.2, 0.25) is 0 Å². The van der Waals surface area contributed by atoms with Crippen molar-refractivity contribution in [3.05, 3.63) is 0 Å². The fraction of sp³-hybridized carbons (Fsp3) is 0.600. The number of aliphatic carboxylic acids is 2. The van der Waals surface area contributed by atoms with E-state index in [1.807, 2.05) is 0 Å². The van der Waals surface area contributed by atoms with Gasteiger partial charge in [-0.15, -0.1) is 0 Å². The fourth-order valence-corrected chi connectivity index (χ4v) is 0.471. The molecule has 0 aromatic heterocycles. The van der Waals surface area contributed by atoms with Crippen LogP contribution >= 0.6 is 0 Å². The van der Waals surface area contributed by atoms with Crippen molar-refractivity contribution in [2.75, 3.05) is 0 Å². The third-order valence-corrected chi connectivity index (χ3v) is 1.45. The van der Waals surface area contributed by atoms with Gasteiger partial charge in [0.25, 0.3) is 0 Å². The molecule has 0 aliphatic rings. The summed E-state index contributed by atoms with van der Waals surface area (Å²) in [5, 5.41) is 19.4. The number of hydrogen-bond acceptors (Lipinski definition) is 6. The average Bonchev–Trinajstić information content (AvgIpc) is 2.15. The SMILES string of the molecule is CC(C)C(=O)C(=O)[O-].CC(C)C(=O)C(=O)[O-].[Mg+2]. The number of carboxylic acids is 2. The maximum Gasteiger partial charge on any atom is 2.00 e. The van der Waals surface area contributed by atoms with Gasteiger partial charge in [-0.1, -0.05) is 27.7 Å². The molecule has 0 unspecified atom stereocenters. The van der Waals surface area contributed by atoms with E-state index in [9.17, 15) is 29.4 Å². The van der Waals surface area contributed by atoms with Crippen LogP contribution < -0.4 is 10.2 Å². The van der Waals surface area contributed by atoms with Gasteiger partial charge in [0, 0.05) is 11.8 Å². The van der Waals surface area contributed by atoms with Crippen LogP contribution in [-0.2, 0) is 19.2 Å². The maximum absolute atomic E-state index is 10.2. The first kappa shape index (κ1) is 21.3. The van der Waals surface area contributed by atoms with Crippen LogP contribution in [0, 0.1) is 11.8 Å². The molecule has 7 heteroatoms. The van der Waals surface area contributed by atoms with E-state index in [1.54, 1.807) is 0 Å². The minimum absolute atomic E-state index is 0. The first-order valence-corrected chi connectivity index (χ1v) is 4.61. The zero-order valence-electron chi connectivity index (χ0n) is 10.3. The van der Waals surface area contributed by atoms with Crippen molar-refractivity contribution in [2.24, 2.45) is 11.8 Å². The van der Waals surface area contributed by atoms with Crippen LogP contribution in [0.1, 0.15) is 27.7 Å². The third kappa shape index (κ3) is 11.3. The second-order valence-electron chi connectivity index (χ2n) is 3.61. The van der Waals surface area contributed by atoms with E-state index in [0.717, 1.165) is 0 Å². The second-order valence-corrected chi connectivity index (χ2v) is 3.61. The minimum atomic E-state index is -1.60. The molecule has 0 spiro atoms. The largest absolute Gasteiger partial charge is 2.00 e. The van der Waals surface area contributed by atoms with Crippen LogP contribution in [0.15, 0.2) is 0 Å². The van der Waals surface area contributed by atoms with E-state index >= 15 is 0 Å². The van der Waals surface area contributed by atoms with E-state index in [-0.39, 0.29) is 23.1 Å². The molecule has 0 amide bonds. The van der Waals surface area contributed by atoms with Gasteiger partial charge >= 0.3 is 23.1 Å². The first-order chi connectivity index (χ1) is 7.11. The molecule has 0 N–H and O–H groups in total. The summed E-state index contributed by atoms with van der Waals surface area (Å²) in [5.74, 6) is -5.80. The number of Topliss-reactive ketones (excluding diaryl/α,β-unsaturated/α-hetero) is 2. The normalized spacial score (nSPS) is 8.82. The number of carbonyl (C=O) groups is 4. The van der Waals surface area contributed by atoms with E-state index in [1.165, 1.54) is 27.7 Å². The van der Waals surface area contributed by atoms with Crippen LogP contribution in [-0.4, -0.2) is 46.6 Å². The van der Waals surface area contributed by atoms with Gasteiger partial charge in [0.05, 0.1) is 0 Å². The molecule has 0 heterocycles. The summed E-state index contributed by atoms with van der Waals surface area (Å²) in [6, 6.07) is 0. The van der Waals surface area contributed by atoms with Crippen molar-refractivity contribution in [1.29, 1.82) is 0 Å². The summed E-state index contributed by atoms with van der Waals surface area (Å²) in [5.41, 5.74) is 0. The van der Waals surface area contributed by atoms with Gasteiger partial charge in [-0.25, -0.2) is 0 Å². The van der Waals surface area contributed by atoms with Crippen molar-refractivity contribution >= 4 is 46.6 Å². The molecule has 0 aliphatic carbocycles. The summed E-state index contributed by atoms with van der Waals surface area (Å²) >= 11 is 0. The van der Waals surface area contributed by atoms with Crippen molar-refractivity contribution < 1.29 is 29.4 Å². The van der Waals surface area contributed by atoms with Gasteiger partial charge in [0.1, 0.15) is 11.9 Å². The Balaban J connectivity index is -0.000000218. The number of ketones is 2. The zero-order chi connectivity index (χ0) is 13.5. The Morgan fingerprint density at radius 2 is 0.882 bits per heavy atom. The summed E-state index contributed by atoms with van der Waals surface area (Å²) in [6.07, 6.45) is 0. The number of carboxylic acid groups (broad SMARTS) is 2. The number of hydrogen-bond donors (Lipinski definition) is 0. The molecular formula is C10H14MgO6. The monoisotopic (exact) mass is 254 g/mol. The second kappa shape index (κ2) is 10.2. The predicted octanol–water partition coefficient (Wildman–Crippen LogP) is -2.46. The summed E-state index contributed by atoms with van der Waals surface area (Å²) in [4.78, 5) is 39.7. The molecule has 0 aromatic carbocycles. The Morgan fingerprint density at radius 1 is 0.706 bits per heavy atom. The van der Waals surface area contributed by atoms with Gasteiger partial charge < -0.3 is 19.8 Å². The molecule has 0 aromatic rings. The van der Waals surface area contributed by atoms with Gasteiger partial charge in [-0.2, -0.15) is 0 Å². The van der Waals surface area contributed by atoms with Gasteiger partial charge in [-0.05, 0) is 0 Å². The maximum atomic E-state index is 10.2. The van der Waals surface area contributed by atoms with Crippen LogP contribution in [0.25, 0.3) is 0 Å². The first-order valence-electron chi connectivity index (χ1n) is 4.61. The molecule has 0 fully saturated rings. The Bertz CT molecular complexity index is 265. The molecule has 17 heavy (non-hydrogen) atoms. The Kier molecular flexibility index (Phi) is 12.8. The molecule has 0 atom stereocenters. The topological polar surface area (TPSA) is 114 Å². The molecule has 0 aliphatic heterocycles. The van der Waals surface area contributed by atoms with E-state index in [4.69, 9.17) is 0 Å². The molecule has 0 bridgehead atoms. The third-order valence-electron chi connectivity index (χ3n) is 1.45. The van der Waals surface area contributed by atoms with Crippen molar-refractivity contribution in [1.82, 2.24) is 0 Å². The van der Waals surface area contributed by atoms with Crippen LogP contribution in [0.5, 0.6) is 0 Å². The van der Waals surface area contributed by atoms with E-state index in [0.29, 0.717) is 0 Å². The standard InChI is InChI=1S/2C5H8O3.Mg/c2*1-3(2)4(6)5(7)8;/h2*3H,1-2H3,(H,7,8);/q;;+2/p-2. The summed E-state index contributed by atoms with van der Waals surface area (Å²) in [6.45, 7) is 6.05. The van der Waals surface area contributed by atoms with Gasteiger partial charge in [0.2, 0.25) is 0 Å². The molecular weight excluding hydrogens is 240 g/mol. The van der Waals surface area contributed by atoms with Crippen LogP contribution in [0.4, 0.5) is 0 Å². The molecule has 0 radical (unpaired) electrons. The Hall–Kier alpha value is -0.954. The molecule has 0 saturated carbocycles. The quantitative estimate of drug-likeness (QED) is 0.406. The minimum Gasteiger partial charge on any atom is -0.542 e. The smallest absolute Gasteiger partial charge is 0.542 e. The van der Waals surface area contributed by atoms with E-state index < -0.39 is 35.3 Å². The van der Waals surface area contributed by atoms with Crippen LogP contribution in [0.3, 0.4) is 0 Å². The zero-order valence-corrected chi connectivity index (χ0v) is 11.7. The van der Waals surface area contributed by atoms with Crippen molar-refractivity contribution in [2.45, 2.75) is 27.7 Å². The van der Waals surface area contributed by atoms with E-state index in [2.05, 4.69) is 0 Å². The fourth-order valence-electron chi connectivity index (χ4n) is 0.471. The molecule has 92 valence electrons. The molecule has 0 saturated heterocycles. The number of rotatable bonds is 4. The number of carbonyl (C=O) groups excluding carboxylic acids is 4.